The number of aliphatic hydroxyl groups excluding tert-OH is 1. The predicted molar refractivity (Wildman–Crippen MR) is 72.5 cm³/mol. The summed E-state index contributed by atoms with van der Waals surface area (Å²) in [7, 11) is 0. The Morgan fingerprint density at radius 2 is 1.84 bits per heavy atom. The summed E-state index contributed by atoms with van der Waals surface area (Å²) in [5.41, 5.74) is 0.601. The number of benzene rings is 1. The standard InChI is InChI=1S/C15H22FNO2/c16-12-7-11(8-14(19)9-12)15(10-18)17-13-5-3-1-2-4-6-13/h7-9,13,15,17-19H,1-6,10H2. The maximum atomic E-state index is 13.3. The van der Waals surface area contributed by atoms with E-state index in [0.717, 1.165) is 18.9 Å². The third kappa shape index (κ3) is 4.18. The second kappa shape index (κ2) is 6.87. The van der Waals surface area contributed by atoms with E-state index in [1.54, 1.807) is 0 Å². The molecule has 0 spiro atoms. The quantitative estimate of drug-likeness (QED) is 0.735. The molecular weight excluding hydrogens is 245 g/mol. The second-order valence-corrected chi connectivity index (χ2v) is 5.33. The van der Waals surface area contributed by atoms with E-state index in [-0.39, 0.29) is 18.4 Å². The average molecular weight is 267 g/mol. The number of phenols is 1. The molecule has 0 saturated heterocycles. The number of rotatable bonds is 4. The van der Waals surface area contributed by atoms with Gasteiger partial charge in [0.25, 0.3) is 0 Å². The summed E-state index contributed by atoms with van der Waals surface area (Å²) in [6.45, 7) is -0.0978. The molecule has 4 heteroatoms. The molecule has 1 fully saturated rings. The van der Waals surface area contributed by atoms with E-state index in [1.165, 1.54) is 37.8 Å². The number of nitrogens with one attached hydrogen (secondary N) is 1. The molecule has 0 heterocycles. The smallest absolute Gasteiger partial charge is 0.127 e. The highest BCUT2D eigenvalue weighted by molar-refractivity contribution is 5.30. The normalized spacial score (nSPS) is 19.1. The van der Waals surface area contributed by atoms with Crippen LogP contribution in [0.5, 0.6) is 5.75 Å². The van der Waals surface area contributed by atoms with E-state index < -0.39 is 5.82 Å². The van der Waals surface area contributed by atoms with Crippen molar-refractivity contribution < 1.29 is 14.6 Å². The molecule has 1 aliphatic carbocycles. The van der Waals surface area contributed by atoms with Crippen LogP contribution in [0.25, 0.3) is 0 Å². The van der Waals surface area contributed by atoms with Crippen molar-refractivity contribution >= 4 is 0 Å². The van der Waals surface area contributed by atoms with Crippen molar-refractivity contribution in [3.8, 4) is 5.75 Å². The van der Waals surface area contributed by atoms with Crippen molar-refractivity contribution in [1.82, 2.24) is 5.32 Å². The van der Waals surface area contributed by atoms with Gasteiger partial charge in [0, 0.05) is 12.1 Å². The zero-order chi connectivity index (χ0) is 13.7. The summed E-state index contributed by atoms with van der Waals surface area (Å²) in [5, 5.41) is 22.3. The first kappa shape index (κ1) is 14.3. The fourth-order valence-electron chi connectivity index (χ4n) is 2.78. The molecule has 1 atom stereocenters. The minimum atomic E-state index is -0.476. The van der Waals surface area contributed by atoms with E-state index in [1.807, 2.05) is 0 Å². The van der Waals surface area contributed by atoms with Gasteiger partial charge >= 0.3 is 0 Å². The van der Waals surface area contributed by atoms with Gasteiger partial charge in [0.1, 0.15) is 11.6 Å². The molecule has 0 aliphatic heterocycles. The lowest BCUT2D eigenvalue weighted by atomic mass is 10.0. The molecule has 0 radical (unpaired) electrons. The lowest BCUT2D eigenvalue weighted by molar-refractivity contribution is 0.227. The predicted octanol–water partition coefficient (Wildman–Crippen LogP) is 2.88. The molecule has 2 rings (SSSR count). The summed E-state index contributed by atoms with van der Waals surface area (Å²) in [6.07, 6.45) is 7.12. The topological polar surface area (TPSA) is 52.5 Å². The fraction of sp³-hybridized carbons (Fsp3) is 0.600. The maximum Gasteiger partial charge on any atom is 0.127 e. The minimum Gasteiger partial charge on any atom is -0.508 e. The number of aromatic hydroxyl groups is 1. The summed E-state index contributed by atoms with van der Waals surface area (Å²) in [6, 6.07) is 4.00. The van der Waals surface area contributed by atoms with Gasteiger partial charge in [-0.05, 0) is 30.5 Å². The molecule has 0 amide bonds. The third-order valence-corrected chi connectivity index (χ3v) is 3.78. The molecule has 3 N–H and O–H groups in total. The van der Waals surface area contributed by atoms with Crippen molar-refractivity contribution in [2.75, 3.05) is 6.61 Å². The highest BCUT2D eigenvalue weighted by Gasteiger charge is 2.18. The van der Waals surface area contributed by atoms with Crippen molar-refractivity contribution in [2.24, 2.45) is 0 Å². The van der Waals surface area contributed by atoms with Gasteiger partial charge in [0.2, 0.25) is 0 Å². The van der Waals surface area contributed by atoms with Gasteiger partial charge in [-0.2, -0.15) is 0 Å². The Morgan fingerprint density at radius 1 is 1.16 bits per heavy atom. The van der Waals surface area contributed by atoms with Gasteiger partial charge in [-0.1, -0.05) is 25.7 Å². The lowest BCUT2D eigenvalue weighted by Crippen LogP contribution is -2.34. The molecule has 1 aromatic carbocycles. The Hall–Kier alpha value is -1.13. The van der Waals surface area contributed by atoms with Gasteiger partial charge in [-0.3, -0.25) is 0 Å². The molecule has 0 aromatic heterocycles. The molecule has 106 valence electrons. The van der Waals surface area contributed by atoms with Crippen LogP contribution in [-0.4, -0.2) is 22.9 Å². The Bertz CT molecular complexity index is 383. The fourth-order valence-corrected chi connectivity index (χ4v) is 2.78. The number of hydrogen-bond acceptors (Lipinski definition) is 3. The molecule has 19 heavy (non-hydrogen) atoms. The van der Waals surface area contributed by atoms with Crippen LogP contribution in [-0.2, 0) is 0 Å². The third-order valence-electron chi connectivity index (χ3n) is 3.78. The Balaban J connectivity index is 2.05. The molecule has 1 aliphatic rings. The van der Waals surface area contributed by atoms with Gasteiger partial charge in [0.05, 0.1) is 12.6 Å². The molecular formula is C15H22FNO2. The second-order valence-electron chi connectivity index (χ2n) is 5.33. The van der Waals surface area contributed by atoms with Crippen LogP contribution in [0.1, 0.15) is 50.1 Å². The Labute approximate surface area is 113 Å². The number of halogens is 1. The SMILES string of the molecule is OCC(NC1CCCCCC1)c1cc(O)cc(F)c1. The Morgan fingerprint density at radius 3 is 2.42 bits per heavy atom. The van der Waals surface area contributed by atoms with Crippen molar-refractivity contribution in [3.63, 3.8) is 0 Å². The van der Waals surface area contributed by atoms with Crippen LogP contribution < -0.4 is 5.32 Å². The number of aliphatic hydroxyl groups is 1. The summed E-state index contributed by atoms with van der Waals surface area (Å²) in [5.74, 6) is -0.577. The number of hydrogen-bond donors (Lipinski definition) is 3. The average Bonchev–Trinajstić information content (AvgIpc) is 2.63. The molecule has 3 nitrogen and oxygen atoms in total. The van der Waals surface area contributed by atoms with Crippen LogP contribution in [0.4, 0.5) is 4.39 Å². The maximum absolute atomic E-state index is 13.3. The first-order valence-electron chi connectivity index (χ1n) is 7.05. The van der Waals surface area contributed by atoms with E-state index >= 15 is 0 Å². The van der Waals surface area contributed by atoms with Gasteiger partial charge in [-0.25, -0.2) is 4.39 Å². The van der Waals surface area contributed by atoms with E-state index in [0.29, 0.717) is 11.6 Å². The summed E-state index contributed by atoms with van der Waals surface area (Å²) >= 11 is 0. The van der Waals surface area contributed by atoms with Crippen LogP contribution in [0.3, 0.4) is 0 Å². The van der Waals surface area contributed by atoms with Gasteiger partial charge in [0.15, 0.2) is 0 Å². The highest BCUT2D eigenvalue weighted by atomic mass is 19.1. The first-order valence-corrected chi connectivity index (χ1v) is 7.05. The van der Waals surface area contributed by atoms with Crippen molar-refractivity contribution in [3.05, 3.63) is 29.6 Å². The van der Waals surface area contributed by atoms with Gasteiger partial charge < -0.3 is 15.5 Å². The van der Waals surface area contributed by atoms with Crippen molar-refractivity contribution in [2.45, 2.75) is 50.6 Å². The van der Waals surface area contributed by atoms with Crippen LogP contribution in [0.2, 0.25) is 0 Å². The molecule has 1 unspecified atom stereocenters. The first-order chi connectivity index (χ1) is 9.19. The minimum absolute atomic E-state index is 0.0978. The van der Waals surface area contributed by atoms with Crippen molar-refractivity contribution in [1.29, 1.82) is 0 Å². The van der Waals surface area contributed by atoms with Crippen LogP contribution >= 0.6 is 0 Å². The Kier molecular flexibility index (Phi) is 5.16. The van der Waals surface area contributed by atoms with Gasteiger partial charge in [-0.15, -0.1) is 0 Å². The zero-order valence-corrected chi connectivity index (χ0v) is 11.1. The summed E-state index contributed by atoms with van der Waals surface area (Å²) in [4.78, 5) is 0. The highest BCUT2D eigenvalue weighted by Crippen LogP contribution is 2.24. The number of phenolic OH excluding ortho intramolecular Hbond substituents is 1. The van der Waals surface area contributed by atoms with E-state index in [9.17, 15) is 14.6 Å². The van der Waals surface area contributed by atoms with Crippen LogP contribution in [0, 0.1) is 5.82 Å². The monoisotopic (exact) mass is 267 g/mol. The van der Waals surface area contributed by atoms with Crippen LogP contribution in [0.15, 0.2) is 18.2 Å². The molecule has 1 saturated carbocycles. The van der Waals surface area contributed by atoms with E-state index in [4.69, 9.17) is 0 Å². The zero-order valence-electron chi connectivity index (χ0n) is 11.1. The molecule has 0 bridgehead atoms. The largest absolute Gasteiger partial charge is 0.508 e. The molecule has 1 aromatic rings. The summed E-state index contributed by atoms with van der Waals surface area (Å²) < 4.78 is 13.3. The lowest BCUT2D eigenvalue weighted by Gasteiger charge is -2.24. The van der Waals surface area contributed by atoms with E-state index in [2.05, 4.69) is 5.32 Å².